The molecule has 2 heterocycles. The van der Waals surface area contributed by atoms with Crippen molar-refractivity contribution in [3.63, 3.8) is 0 Å². The Hall–Kier alpha value is -3.68. The lowest BCUT2D eigenvalue weighted by Gasteiger charge is -2.21. The molecule has 2 atom stereocenters. The second-order valence-electron chi connectivity index (χ2n) is 7.97. The normalized spacial score (nSPS) is 23.1. The summed E-state index contributed by atoms with van der Waals surface area (Å²) in [4.78, 5) is 44.0. The van der Waals surface area contributed by atoms with Crippen molar-refractivity contribution in [2.24, 2.45) is 10.9 Å². The first-order valence-electron chi connectivity index (χ1n) is 10.5. The summed E-state index contributed by atoms with van der Waals surface area (Å²) in [6.07, 6.45) is 9.01. The van der Waals surface area contributed by atoms with Gasteiger partial charge in [0, 0.05) is 35.7 Å². The summed E-state index contributed by atoms with van der Waals surface area (Å²) < 4.78 is 0. The lowest BCUT2D eigenvalue weighted by Crippen LogP contribution is -2.43. The molecule has 1 aromatic carbocycles. The molecule has 8 nitrogen and oxygen atoms in total. The quantitative estimate of drug-likeness (QED) is 0.527. The fourth-order valence-electron chi connectivity index (χ4n) is 3.79. The van der Waals surface area contributed by atoms with E-state index in [2.05, 4.69) is 10.5 Å². The van der Waals surface area contributed by atoms with Gasteiger partial charge in [0.1, 0.15) is 6.04 Å². The maximum absolute atomic E-state index is 12.6. The fraction of sp³-hybridized carbons (Fsp3) is 0.333. The summed E-state index contributed by atoms with van der Waals surface area (Å²) in [6.45, 7) is 5.61. The molecule has 32 heavy (non-hydrogen) atoms. The van der Waals surface area contributed by atoms with E-state index in [0.717, 1.165) is 5.56 Å². The minimum absolute atomic E-state index is 0.175. The van der Waals surface area contributed by atoms with Gasteiger partial charge in [0.05, 0.1) is 12.3 Å². The van der Waals surface area contributed by atoms with E-state index in [-0.39, 0.29) is 24.8 Å². The van der Waals surface area contributed by atoms with E-state index in [1.54, 1.807) is 44.2 Å². The third-order valence-corrected chi connectivity index (χ3v) is 5.64. The SMILES string of the molecule is C/C=C\C=C\C(=O)N1CC2(CC(c3cccc(NC(=O)/C(C)=C\C)c3)=NO2)C[C@H]1C(N)=O. The standard InChI is InChI=1S/C24H28N4O4/c1-4-6-7-11-21(29)28-15-24(14-20(28)22(25)30)13-19(27-32-24)17-9-8-10-18(12-17)26-23(31)16(3)5-2/h4-12,20H,13-15H2,1-3H3,(H2,25,30)(H,26,31)/b6-4-,11-7+,16-5-/t20-,24?/m0/s1. The molecule has 2 aliphatic rings. The molecule has 3 N–H and O–H groups in total. The van der Waals surface area contributed by atoms with Crippen molar-refractivity contribution in [1.82, 2.24) is 4.90 Å². The average molecular weight is 437 g/mol. The summed E-state index contributed by atoms with van der Waals surface area (Å²) in [5.74, 6) is -1.05. The van der Waals surface area contributed by atoms with Crippen molar-refractivity contribution < 1.29 is 19.2 Å². The van der Waals surface area contributed by atoms with E-state index >= 15 is 0 Å². The van der Waals surface area contributed by atoms with Crippen LogP contribution in [0.4, 0.5) is 5.69 Å². The summed E-state index contributed by atoms with van der Waals surface area (Å²) in [7, 11) is 0. The molecule has 1 fully saturated rings. The molecule has 168 valence electrons. The number of nitrogens with one attached hydrogen (secondary N) is 1. The Kier molecular flexibility index (Phi) is 6.92. The summed E-state index contributed by atoms with van der Waals surface area (Å²) in [5.41, 5.74) is 7.51. The zero-order valence-corrected chi connectivity index (χ0v) is 18.5. The predicted octanol–water partition coefficient (Wildman–Crippen LogP) is 2.67. The molecule has 1 spiro atoms. The van der Waals surface area contributed by atoms with E-state index in [1.165, 1.54) is 11.0 Å². The number of rotatable bonds is 6. The molecule has 3 amide bonds. The van der Waals surface area contributed by atoms with Gasteiger partial charge < -0.3 is 20.8 Å². The van der Waals surface area contributed by atoms with Gasteiger partial charge in [-0.25, -0.2) is 0 Å². The Morgan fingerprint density at radius 2 is 2.06 bits per heavy atom. The summed E-state index contributed by atoms with van der Waals surface area (Å²) in [6, 6.07) is 6.56. The lowest BCUT2D eigenvalue weighted by molar-refractivity contribution is -0.133. The summed E-state index contributed by atoms with van der Waals surface area (Å²) >= 11 is 0. The number of nitrogens with zero attached hydrogens (tertiary/aromatic N) is 2. The van der Waals surface area contributed by atoms with Gasteiger partial charge in [-0.15, -0.1) is 0 Å². The molecule has 2 aliphatic heterocycles. The number of benzene rings is 1. The van der Waals surface area contributed by atoms with Crippen molar-refractivity contribution in [3.05, 3.63) is 65.8 Å². The van der Waals surface area contributed by atoms with Gasteiger partial charge in [0.15, 0.2) is 5.60 Å². The highest BCUT2D eigenvalue weighted by atomic mass is 16.7. The van der Waals surface area contributed by atoms with Gasteiger partial charge in [0.25, 0.3) is 5.91 Å². The minimum Gasteiger partial charge on any atom is -0.387 e. The maximum Gasteiger partial charge on any atom is 0.250 e. The van der Waals surface area contributed by atoms with Crippen LogP contribution < -0.4 is 11.1 Å². The third kappa shape index (κ3) is 4.96. The second kappa shape index (κ2) is 9.64. The van der Waals surface area contributed by atoms with Crippen molar-refractivity contribution in [2.45, 2.75) is 45.3 Å². The number of oxime groups is 1. The Morgan fingerprint density at radius 3 is 2.75 bits per heavy atom. The molecule has 1 unspecified atom stereocenters. The number of likely N-dealkylation sites (tertiary alicyclic amines) is 1. The van der Waals surface area contributed by atoms with Crippen LogP contribution in [0, 0.1) is 0 Å². The van der Waals surface area contributed by atoms with Crippen LogP contribution in [0.3, 0.4) is 0 Å². The van der Waals surface area contributed by atoms with Crippen LogP contribution in [0.15, 0.2) is 65.4 Å². The van der Waals surface area contributed by atoms with Crippen molar-refractivity contribution >= 4 is 29.1 Å². The van der Waals surface area contributed by atoms with Gasteiger partial charge in [-0.2, -0.15) is 0 Å². The first-order valence-corrected chi connectivity index (χ1v) is 10.5. The predicted molar refractivity (Wildman–Crippen MR) is 123 cm³/mol. The van der Waals surface area contributed by atoms with Gasteiger partial charge in [-0.1, -0.05) is 41.6 Å². The highest BCUT2D eigenvalue weighted by Crippen LogP contribution is 2.39. The fourth-order valence-corrected chi connectivity index (χ4v) is 3.79. The number of carbonyl (C=O) groups excluding carboxylic acids is 3. The second-order valence-corrected chi connectivity index (χ2v) is 7.97. The number of hydrogen-bond acceptors (Lipinski definition) is 5. The molecular weight excluding hydrogens is 408 g/mol. The lowest BCUT2D eigenvalue weighted by atomic mass is 9.91. The maximum atomic E-state index is 12.6. The number of anilines is 1. The Bertz CT molecular complexity index is 1040. The molecule has 1 saturated heterocycles. The van der Waals surface area contributed by atoms with Crippen molar-refractivity contribution in [2.75, 3.05) is 11.9 Å². The molecule has 0 bridgehead atoms. The number of primary amides is 1. The Labute approximate surface area is 187 Å². The number of carbonyl (C=O) groups is 3. The van der Waals surface area contributed by atoms with E-state index in [1.807, 2.05) is 25.1 Å². The van der Waals surface area contributed by atoms with Gasteiger partial charge >= 0.3 is 0 Å². The molecule has 1 aromatic rings. The number of nitrogens with two attached hydrogens (primary N) is 1. The number of hydrogen-bond donors (Lipinski definition) is 2. The molecule has 0 aliphatic carbocycles. The summed E-state index contributed by atoms with van der Waals surface area (Å²) in [5, 5.41) is 7.10. The molecule has 8 heteroatoms. The van der Waals surface area contributed by atoms with Gasteiger partial charge in [0.2, 0.25) is 11.8 Å². The van der Waals surface area contributed by atoms with E-state index in [0.29, 0.717) is 23.4 Å². The highest BCUT2D eigenvalue weighted by Gasteiger charge is 2.52. The Balaban J connectivity index is 1.75. The Morgan fingerprint density at radius 1 is 1.28 bits per heavy atom. The van der Waals surface area contributed by atoms with Crippen molar-refractivity contribution in [3.8, 4) is 0 Å². The van der Waals surface area contributed by atoms with E-state index < -0.39 is 17.6 Å². The largest absolute Gasteiger partial charge is 0.387 e. The monoisotopic (exact) mass is 436 g/mol. The number of allylic oxidation sites excluding steroid dienone is 4. The zero-order valence-electron chi connectivity index (χ0n) is 18.5. The van der Waals surface area contributed by atoms with Gasteiger partial charge in [-0.3, -0.25) is 14.4 Å². The van der Waals surface area contributed by atoms with Gasteiger partial charge in [-0.05, 0) is 32.9 Å². The number of amides is 3. The third-order valence-electron chi connectivity index (χ3n) is 5.64. The first-order chi connectivity index (χ1) is 15.3. The van der Waals surface area contributed by atoms with Crippen LogP contribution in [0.5, 0.6) is 0 Å². The first kappa shape index (κ1) is 23.0. The average Bonchev–Trinajstić information content (AvgIpc) is 3.37. The van der Waals surface area contributed by atoms with E-state index in [4.69, 9.17) is 10.6 Å². The van der Waals surface area contributed by atoms with E-state index in [9.17, 15) is 14.4 Å². The van der Waals surface area contributed by atoms with Crippen LogP contribution in [0.2, 0.25) is 0 Å². The van der Waals surface area contributed by atoms with Crippen LogP contribution in [0.1, 0.15) is 39.2 Å². The molecule has 0 saturated carbocycles. The smallest absolute Gasteiger partial charge is 0.250 e. The molecule has 0 aromatic heterocycles. The minimum atomic E-state index is -0.806. The molecule has 3 rings (SSSR count). The topological polar surface area (TPSA) is 114 Å². The highest BCUT2D eigenvalue weighted by molar-refractivity contribution is 6.06. The van der Waals surface area contributed by atoms with Crippen LogP contribution in [-0.2, 0) is 19.2 Å². The van der Waals surface area contributed by atoms with Crippen molar-refractivity contribution in [1.29, 1.82) is 0 Å². The zero-order chi connectivity index (χ0) is 23.3. The van der Waals surface area contributed by atoms with Crippen LogP contribution in [-0.4, -0.2) is 46.5 Å². The molecular formula is C24H28N4O4. The van der Waals surface area contributed by atoms with Crippen LogP contribution in [0.25, 0.3) is 0 Å². The van der Waals surface area contributed by atoms with Crippen LogP contribution >= 0.6 is 0 Å². The molecule has 0 radical (unpaired) electrons.